The number of carbonyl (C=O) groups excluding carboxylic acids is 3. The summed E-state index contributed by atoms with van der Waals surface area (Å²) in [5, 5.41) is 10.9. The summed E-state index contributed by atoms with van der Waals surface area (Å²) in [5.74, 6) is -0.768. The summed E-state index contributed by atoms with van der Waals surface area (Å²) in [6.45, 7) is 7.42. The van der Waals surface area contributed by atoms with Gasteiger partial charge in [-0.15, -0.1) is 0 Å². The fourth-order valence-corrected chi connectivity index (χ4v) is 2.44. The molecule has 0 bridgehead atoms. The molecule has 1 aromatic heterocycles. The lowest BCUT2D eigenvalue weighted by molar-refractivity contribution is -0.118. The highest BCUT2D eigenvalue weighted by molar-refractivity contribution is 6.00. The zero-order chi connectivity index (χ0) is 20.7. The molecule has 150 valence electrons. The van der Waals surface area contributed by atoms with Crippen LogP contribution in [-0.2, 0) is 4.79 Å². The molecule has 0 saturated carbocycles. The number of anilines is 2. The molecule has 1 unspecified atom stereocenters. The van der Waals surface area contributed by atoms with Crippen LogP contribution in [0.3, 0.4) is 0 Å². The first-order valence-corrected chi connectivity index (χ1v) is 9.09. The van der Waals surface area contributed by atoms with E-state index in [9.17, 15) is 14.4 Å². The third-order valence-electron chi connectivity index (χ3n) is 3.81. The minimum Gasteiger partial charge on any atom is -0.459 e. The van der Waals surface area contributed by atoms with Crippen LogP contribution in [0.25, 0.3) is 0 Å². The SMILES string of the molecule is CC(C)NC(=O)Nc1ccc(NC(=O)C(NC(=O)c2ccco2)C(C)C)cc1. The van der Waals surface area contributed by atoms with Crippen LogP contribution in [0, 0.1) is 5.92 Å². The molecule has 0 aliphatic carbocycles. The summed E-state index contributed by atoms with van der Waals surface area (Å²) in [5.41, 5.74) is 1.15. The minimum absolute atomic E-state index is 0.0305. The first kappa shape index (κ1) is 21.0. The molecule has 0 fully saturated rings. The first-order chi connectivity index (χ1) is 13.3. The highest BCUT2D eigenvalue weighted by Crippen LogP contribution is 2.15. The van der Waals surface area contributed by atoms with Crippen molar-refractivity contribution in [1.82, 2.24) is 10.6 Å². The van der Waals surface area contributed by atoms with Gasteiger partial charge in [0.05, 0.1) is 6.26 Å². The second kappa shape index (κ2) is 9.59. The summed E-state index contributed by atoms with van der Waals surface area (Å²) in [6, 6.07) is 8.86. The van der Waals surface area contributed by atoms with E-state index in [4.69, 9.17) is 4.42 Å². The van der Waals surface area contributed by atoms with Crippen LogP contribution in [0.15, 0.2) is 47.1 Å². The molecule has 1 atom stereocenters. The van der Waals surface area contributed by atoms with Crippen LogP contribution in [0.2, 0.25) is 0 Å². The van der Waals surface area contributed by atoms with Crippen LogP contribution in [0.1, 0.15) is 38.2 Å². The van der Waals surface area contributed by atoms with Crippen molar-refractivity contribution in [2.45, 2.75) is 39.8 Å². The van der Waals surface area contributed by atoms with Crippen LogP contribution in [-0.4, -0.2) is 29.9 Å². The van der Waals surface area contributed by atoms with Crippen molar-refractivity contribution < 1.29 is 18.8 Å². The number of hydrogen-bond acceptors (Lipinski definition) is 4. The van der Waals surface area contributed by atoms with E-state index in [0.29, 0.717) is 11.4 Å². The molecule has 2 rings (SSSR count). The number of urea groups is 1. The van der Waals surface area contributed by atoms with Gasteiger partial charge in [-0.1, -0.05) is 13.8 Å². The van der Waals surface area contributed by atoms with Crippen molar-refractivity contribution in [2.24, 2.45) is 5.92 Å². The molecule has 0 aliphatic rings. The number of rotatable bonds is 7. The Kier molecular flexibility index (Phi) is 7.20. The van der Waals surface area contributed by atoms with E-state index in [1.165, 1.54) is 12.3 Å². The van der Waals surface area contributed by atoms with Gasteiger partial charge in [-0.05, 0) is 56.2 Å². The monoisotopic (exact) mass is 386 g/mol. The maximum absolute atomic E-state index is 12.6. The fraction of sp³-hybridized carbons (Fsp3) is 0.350. The van der Waals surface area contributed by atoms with Crippen molar-refractivity contribution >= 4 is 29.2 Å². The Bertz CT molecular complexity index is 798. The van der Waals surface area contributed by atoms with Gasteiger partial charge < -0.3 is 25.7 Å². The predicted octanol–water partition coefficient (Wildman–Crippen LogP) is 3.20. The summed E-state index contributed by atoms with van der Waals surface area (Å²) in [6.07, 6.45) is 1.40. The van der Waals surface area contributed by atoms with Gasteiger partial charge in [-0.25, -0.2) is 4.79 Å². The molecule has 28 heavy (non-hydrogen) atoms. The topological polar surface area (TPSA) is 112 Å². The number of nitrogens with one attached hydrogen (secondary N) is 4. The highest BCUT2D eigenvalue weighted by atomic mass is 16.3. The van der Waals surface area contributed by atoms with Crippen molar-refractivity contribution in [3.63, 3.8) is 0 Å². The first-order valence-electron chi connectivity index (χ1n) is 9.09. The zero-order valence-electron chi connectivity index (χ0n) is 16.4. The van der Waals surface area contributed by atoms with Gasteiger partial charge in [-0.2, -0.15) is 0 Å². The molecule has 8 heteroatoms. The number of carbonyl (C=O) groups is 3. The van der Waals surface area contributed by atoms with Crippen molar-refractivity contribution in [2.75, 3.05) is 10.6 Å². The summed E-state index contributed by atoms with van der Waals surface area (Å²) in [7, 11) is 0. The number of furan rings is 1. The van der Waals surface area contributed by atoms with E-state index in [-0.39, 0.29) is 29.7 Å². The van der Waals surface area contributed by atoms with Gasteiger partial charge in [0, 0.05) is 17.4 Å². The molecular weight excluding hydrogens is 360 g/mol. The van der Waals surface area contributed by atoms with E-state index in [1.54, 1.807) is 30.3 Å². The van der Waals surface area contributed by atoms with Gasteiger partial charge in [0.15, 0.2) is 5.76 Å². The summed E-state index contributed by atoms with van der Waals surface area (Å²) in [4.78, 5) is 36.5. The lowest BCUT2D eigenvalue weighted by Gasteiger charge is -2.21. The fourth-order valence-electron chi connectivity index (χ4n) is 2.44. The molecular formula is C20H26N4O4. The van der Waals surface area contributed by atoms with Crippen molar-refractivity contribution in [1.29, 1.82) is 0 Å². The lowest BCUT2D eigenvalue weighted by atomic mass is 10.0. The lowest BCUT2D eigenvalue weighted by Crippen LogP contribution is -2.47. The van der Waals surface area contributed by atoms with Gasteiger partial charge in [-0.3, -0.25) is 9.59 Å². The number of hydrogen-bond donors (Lipinski definition) is 4. The average molecular weight is 386 g/mol. The second-order valence-corrected chi connectivity index (χ2v) is 6.99. The molecule has 0 radical (unpaired) electrons. The van der Waals surface area contributed by atoms with E-state index < -0.39 is 11.9 Å². The third kappa shape index (κ3) is 6.15. The van der Waals surface area contributed by atoms with E-state index >= 15 is 0 Å². The average Bonchev–Trinajstić information content (AvgIpc) is 3.14. The Hall–Kier alpha value is -3.29. The Morgan fingerprint density at radius 3 is 1.96 bits per heavy atom. The molecule has 0 saturated heterocycles. The Labute approximate surface area is 164 Å². The highest BCUT2D eigenvalue weighted by Gasteiger charge is 2.25. The van der Waals surface area contributed by atoms with E-state index in [1.807, 2.05) is 27.7 Å². The quantitative estimate of drug-likeness (QED) is 0.585. The van der Waals surface area contributed by atoms with Crippen LogP contribution < -0.4 is 21.3 Å². The van der Waals surface area contributed by atoms with Gasteiger partial charge >= 0.3 is 6.03 Å². The largest absolute Gasteiger partial charge is 0.459 e. The maximum atomic E-state index is 12.6. The van der Waals surface area contributed by atoms with Crippen molar-refractivity contribution in [3.8, 4) is 0 Å². The van der Waals surface area contributed by atoms with E-state index in [0.717, 1.165) is 0 Å². The maximum Gasteiger partial charge on any atom is 0.319 e. The molecule has 4 amide bonds. The van der Waals surface area contributed by atoms with Crippen LogP contribution >= 0.6 is 0 Å². The Morgan fingerprint density at radius 2 is 1.46 bits per heavy atom. The molecule has 4 N–H and O–H groups in total. The molecule has 8 nitrogen and oxygen atoms in total. The van der Waals surface area contributed by atoms with Gasteiger partial charge in [0.1, 0.15) is 6.04 Å². The minimum atomic E-state index is -0.729. The smallest absolute Gasteiger partial charge is 0.319 e. The Morgan fingerprint density at radius 1 is 0.857 bits per heavy atom. The zero-order valence-corrected chi connectivity index (χ0v) is 16.4. The Balaban J connectivity index is 1.97. The van der Waals surface area contributed by atoms with Gasteiger partial charge in [0.25, 0.3) is 5.91 Å². The normalized spacial score (nSPS) is 11.8. The van der Waals surface area contributed by atoms with Crippen LogP contribution in [0.5, 0.6) is 0 Å². The molecule has 0 spiro atoms. The molecule has 0 aliphatic heterocycles. The summed E-state index contributed by atoms with van der Waals surface area (Å²) < 4.78 is 5.06. The standard InChI is InChI=1S/C20H26N4O4/c1-12(2)17(24-18(25)16-6-5-11-28-16)19(26)22-14-7-9-15(10-8-14)23-20(27)21-13(3)4/h5-13,17H,1-4H3,(H,22,26)(H,24,25)(H2,21,23,27). The predicted molar refractivity (Wildman–Crippen MR) is 107 cm³/mol. The summed E-state index contributed by atoms with van der Waals surface area (Å²) >= 11 is 0. The van der Waals surface area contributed by atoms with Crippen molar-refractivity contribution in [3.05, 3.63) is 48.4 Å². The third-order valence-corrected chi connectivity index (χ3v) is 3.81. The van der Waals surface area contributed by atoms with Gasteiger partial charge in [0.2, 0.25) is 5.91 Å². The number of benzene rings is 1. The number of amides is 4. The second-order valence-electron chi connectivity index (χ2n) is 6.99. The van der Waals surface area contributed by atoms with Crippen LogP contribution in [0.4, 0.5) is 16.2 Å². The molecule has 1 aromatic carbocycles. The van der Waals surface area contributed by atoms with E-state index in [2.05, 4.69) is 21.3 Å². The molecule has 1 heterocycles. The molecule has 2 aromatic rings.